The number of rotatable bonds is 7. The first-order valence-electron chi connectivity index (χ1n) is 6.69. The quantitative estimate of drug-likeness (QED) is 0.791. The maximum absolute atomic E-state index is 11.9. The number of benzene rings is 1. The third-order valence-electron chi connectivity index (χ3n) is 2.86. The first kappa shape index (κ1) is 15.7. The molecule has 0 radical (unpaired) electrons. The SMILES string of the molecule is CNC(C)CNC(=O)c1ccc(COC(C)C)cc1. The van der Waals surface area contributed by atoms with E-state index in [1.165, 1.54) is 0 Å². The molecule has 1 aromatic carbocycles. The van der Waals surface area contributed by atoms with Crippen molar-refractivity contribution in [2.75, 3.05) is 13.6 Å². The molecular weight excluding hydrogens is 240 g/mol. The summed E-state index contributed by atoms with van der Waals surface area (Å²) in [5.41, 5.74) is 1.76. The molecule has 1 aromatic rings. The predicted molar refractivity (Wildman–Crippen MR) is 77.2 cm³/mol. The summed E-state index contributed by atoms with van der Waals surface area (Å²) >= 11 is 0. The van der Waals surface area contributed by atoms with Crippen LogP contribution in [-0.2, 0) is 11.3 Å². The van der Waals surface area contributed by atoms with E-state index in [1.807, 2.05) is 52.1 Å². The minimum Gasteiger partial charge on any atom is -0.374 e. The molecule has 1 atom stereocenters. The number of carbonyl (C=O) groups is 1. The van der Waals surface area contributed by atoms with Crippen molar-refractivity contribution in [3.63, 3.8) is 0 Å². The summed E-state index contributed by atoms with van der Waals surface area (Å²) in [6.07, 6.45) is 0.214. The van der Waals surface area contributed by atoms with Crippen LogP contribution >= 0.6 is 0 Å². The van der Waals surface area contributed by atoms with Gasteiger partial charge in [-0.2, -0.15) is 0 Å². The van der Waals surface area contributed by atoms with Gasteiger partial charge in [0.2, 0.25) is 0 Å². The molecule has 4 heteroatoms. The van der Waals surface area contributed by atoms with Crippen LogP contribution in [0.2, 0.25) is 0 Å². The van der Waals surface area contributed by atoms with E-state index in [9.17, 15) is 4.79 Å². The van der Waals surface area contributed by atoms with E-state index in [2.05, 4.69) is 10.6 Å². The zero-order valence-electron chi connectivity index (χ0n) is 12.2. The fraction of sp³-hybridized carbons (Fsp3) is 0.533. The third-order valence-corrected chi connectivity index (χ3v) is 2.86. The fourth-order valence-electron chi connectivity index (χ4n) is 1.47. The molecule has 2 N–H and O–H groups in total. The molecule has 0 aliphatic heterocycles. The van der Waals surface area contributed by atoms with Crippen LogP contribution in [0.25, 0.3) is 0 Å². The van der Waals surface area contributed by atoms with E-state index in [4.69, 9.17) is 4.74 Å². The van der Waals surface area contributed by atoms with E-state index in [-0.39, 0.29) is 18.1 Å². The molecule has 1 rings (SSSR count). The molecule has 1 amide bonds. The monoisotopic (exact) mass is 264 g/mol. The molecule has 0 heterocycles. The minimum atomic E-state index is -0.0431. The van der Waals surface area contributed by atoms with Gasteiger partial charge in [0.05, 0.1) is 12.7 Å². The molecule has 19 heavy (non-hydrogen) atoms. The lowest BCUT2D eigenvalue weighted by Crippen LogP contribution is -2.37. The fourth-order valence-corrected chi connectivity index (χ4v) is 1.47. The van der Waals surface area contributed by atoms with Crippen LogP contribution < -0.4 is 10.6 Å². The predicted octanol–water partition coefficient (Wildman–Crippen LogP) is 1.95. The Morgan fingerprint density at radius 2 is 1.84 bits per heavy atom. The molecule has 0 bridgehead atoms. The number of ether oxygens (including phenoxy) is 1. The van der Waals surface area contributed by atoms with Crippen molar-refractivity contribution in [2.24, 2.45) is 0 Å². The van der Waals surface area contributed by atoms with Crippen molar-refractivity contribution in [2.45, 2.75) is 39.5 Å². The zero-order valence-corrected chi connectivity index (χ0v) is 12.2. The molecule has 0 spiro atoms. The van der Waals surface area contributed by atoms with Gasteiger partial charge in [-0.25, -0.2) is 0 Å². The summed E-state index contributed by atoms with van der Waals surface area (Å²) in [7, 11) is 1.88. The van der Waals surface area contributed by atoms with Gasteiger partial charge in [-0.05, 0) is 45.5 Å². The van der Waals surface area contributed by atoms with Gasteiger partial charge in [-0.15, -0.1) is 0 Å². The topological polar surface area (TPSA) is 50.4 Å². The number of carbonyl (C=O) groups excluding carboxylic acids is 1. The van der Waals surface area contributed by atoms with E-state index in [0.29, 0.717) is 18.7 Å². The molecule has 0 fully saturated rings. The molecule has 0 aliphatic carbocycles. The molecule has 0 aliphatic rings. The summed E-state index contributed by atoms with van der Waals surface area (Å²) in [5.74, 6) is -0.0431. The van der Waals surface area contributed by atoms with E-state index < -0.39 is 0 Å². The maximum Gasteiger partial charge on any atom is 0.251 e. The van der Waals surface area contributed by atoms with Crippen molar-refractivity contribution in [3.05, 3.63) is 35.4 Å². The molecule has 1 unspecified atom stereocenters. The van der Waals surface area contributed by atoms with Crippen LogP contribution in [0.4, 0.5) is 0 Å². The van der Waals surface area contributed by atoms with Crippen LogP contribution in [0, 0.1) is 0 Å². The standard InChI is InChI=1S/C15H24N2O2/c1-11(2)19-10-13-5-7-14(8-6-13)15(18)17-9-12(3)16-4/h5-8,11-12,16H,9-10H2,1-4H3,(H,17,18). The van der Waals surface area contributed by atoms with Crippen LogP contribution in [0.15, 0.2) is 24.3 Å². The number of hydrogen-bond acceptors (Lipinski definition) is 3. The molecular formula is C15H24N2O2. The zero-order chi connectivity index (χ0) is 14.3. The van der Waals surface area contributed by atoms with Crippen molar-refractivity contribution in [3.8, 4) is 0 Å². The van der Waals surface area contributed by atoms with Crippen LogP contribution in [0.5, 0.6) is 0 Å². The van der Waals surface area contributed by atoms with Gasteiger partial charge in [-0.3, -0.25) is 4.79 Å². The van der Waals surface area contributed by atoms with Crippen molar-refractivity contribution in [1.82, 2.24) is 10.6 Å². The number of nitrogens with one attached hydrogen (secondary N) is 2. The lowest BCUT2D eigenvalue weighted by atomic mass is 10.1. The van der Waals surface area contributed by atoms with Crippen LogP contribution in [0.3, 0.4) is 0 Å². The summed E-state index contributed by atoms with van der Waals surface area (Å²) in [6, 6.07) is 7.79. The Morgan fingerprint density at radius 3 is 2.37 bits per heavy atom. The number of likely N-dealkylation sites (N-methyl/N-ethyl adjacent to an activating group) is 1. The van der Waals surface area contributed by atoms with Crippen molar-refractivity contribution < 1.29 is 9.53 Å². The summed E-state index contributed by atoms with van der Waals surface area (Å²) in [6.45, 7) is 7.23. The highest BCUT2D eigenvalue weighted by Gasteiger charge is 2.06. The summed E-state index contributed by atoms with van der Waals surface area (Å²) < 4.78 is 5.51. The second-order valence-electron chi connectivity index (χ2n) is 4.96. The highest BCUT2D eigenvalue weighted by atomic mass is 16.5. The van der Waals surface area contributed by atoms with Gasteiger partial charge >= 0.3 is 0 Å². The van der Waals surface area contributed by atoms with Crippen LogP contribution in [-0.4, -0.2) is 31.6 Å². The average molecular weight is 264 g/mol. The first-order valence-corrected chi connectivity index (χ1v) is 6.69. The van der Waals surface area contributed by atoms with Gasteiger partial charge in [-0.1, -0.05) is 12.1 Å². The second kappa shape index (κ2) is 7.92. The summed E-state index contributed by atoms with van der Waals surface area (Å²) in [5, 5.41) is 5.96. The van der Waals surface area contributed by atoms with E-state index in [1.54, 1.807) is 0 Å². The second-order valence-corrected chi connectivity index (χ2v) is 4.96. The molecule has 0 saturated heterocycles. The maximum atomic E-state index is 11.9. The Kier molecular flexibility index (Phi) is 6.53. The third kappa shape index (κ3) is 5.85. The average Bonchev–Trinajstić information content (AvgIpc) is 2.42. The number of amides is 1. The van der Waals surface area contributed by atoms with Gasteiger partial charge in [0, 0.05) is 18.2 Å². The first-order chi connectivity index (χ1) is 9.02. The Bertz CT molecular complexity index is 388. The smallest absolute Gasteiger partial charge is 0.251 e. The van der Waals surface area contributed by atoms with Gasteiger partial charge in [0.15, 0.2) is 0 Å². The minimum absolute atomic E-state index is 0.0431. The normalized spacial score (nSPS) is 12.5. The molecule has 106 valence electrons. The Morgan fingerprint density at radius 1 is 1.21 bits per heavy atom. The largest absolute Gasteiger partial charge is 0.374 e. The van der Waals surface area contributed by atoms with Crippen LogP contribution in [0.1, 0.15) is 36.7 Å². The van der Waals surface area contributed by atoms with Gasteiger partial charge < -0.3 is 15.4 Å². The van der Waals surface area contributed by atoms with Crippen molar-refractivity contribution in [1.29, 1.82) is 0 Å². The lowest BCUT2D eigenvalue weighted by Gasteiger charge is -2.12. The van der Waals surface area contributed by atoms with Crippen molar-refractivity contribution >= 4 is 5.91 Å². The van der Waals surface area contributed by atoms with E-state index in [0.717, 1.165) is 5.56 Å². The van der Waals surface area contributed by atoms with Gasteiger partial charge in [0.1, 0.15) is 0 Å². The highest BCUT2D eigenvalue weighted by molar-refractivity contribution is 5.94. The number of hydrogen-bond donors (Lipinski definition) is 2. The summed E-state index contributed by atoms with van der Waals surface area (Å²) in [4.78, 5) is 11.9. The lowest BCUT2D eigenvalue weighted by molar-refractivity contribution is 0.0657. The Labute approximate surface area is 115 Å². The molecule has 0 saturated carbocycles. The molecule has 4 nitrogen and oxygen atoms in total. The molecule has 0 aromatic heterocycles. The van der Waals surface area contributed by atoms with E-state index >= 15 is 0 Å². The Hall–Kier alpha value is -1.39. The highest BCUT2D eigenvalue weighted by Crippen LogP contribution is 2.07. The van der Waals surface area contributed by atoms with Gasteiger partial charge in [0.25, 0.3) is 5.91 Å². The Balaban J connectivity index is 2.48.